The summed E-state index contributed by atoms with van der Waals surface area (Å²) < 4.78 is 0. The van der Waals surface area contributed by atoms with Crippen molar-refractivity contribution in [2.24, 2.45) is 5.73 Å². The van der Waals surface area contributed by atoms with Gasteiger partial charge in [-0.1, -0.05) is 0 Å². The van der Waals surface area contributed by atoms with Crippen LogP contribution in [0.3, 0.4) is 0 Å². The molecule has 7 N–H and O–H groups in total. The molecule has 0 heterocycles. The number of aliphatic hydroxyl groups is 1. The summed E-state index contributed by atoms with van der Waals surface area (Å²) in [7, 11) is 0. The van der Waals surface area contributed by atoms with Gasteiger partial charge in [-0.3, -0.25) is 4.79 Å². The van der Waals surface area contributed by atoms with Crippen LogP contribution < -0.4 is 11.9 Å². The third-order valence-electron chi connectivity index (χ3n) is 0.805. The van der Waals surface area contributed by atoms with Crippen molar-refractivity contribution in [2.45, 2.75) is 19.1 Å². The van der Waals surface area contributed by atoms with Crippen LogP contribution in [0.1, 0.15) is 6.92 Å². The summed E-state index contributed by atoms with van der Waals surface area (Å²) in [6, 6.07) is -1.16. The normalized spacial score (nSPS) is 15.4. The fourth-order valence-corrected chi connectivity index (χ4v) is 0.206. The molecule has 9 heavy (non-hydrogen) atoms. The standard InChI is InChI=1S/C4H9NO3.H3N/c1-2(6)3(5)4(7)8;/h2-3,6H,5H2,1H3,(H,7,8);1H3/t2-,3+;/m1./s1. The van der Waals surface area contributed by atoms with Crippen molar-refractivity contribution in [2.75, 3.05) is 0 Å². The number of carboxylic acid groups (broad SMARTS) is 1. The minimum absolute atomic E-state index is 0. The van der Waals surface area contributed by atoms with Gasteiger partial charge >= 0.3 is 5.97 Å². The van der Waals surface area contributed by atoms with Gasteiger partial charge in [-0.2, -0.15) is 0 Å². The zero-order valence-electron chi connectivity index (χ0n) is 5.24. The van der Waals surface area contributed by atoms with Crippen molar-refractivity contribution in [1.29, 1.82) is 0 Å². The number of hydrogen-bond acceptors (Lipinski definition) is 4. The number of carbonyl (C=O) groups is 1. The van der Waals surface area contributed by atoms with Crippen LogP contribution >= 0.6 is 0 Å². The molecule has 0 aliphatic rings. The van der Waals surface area contributed by atoms with E-state index in [0.29, 0.717) is 0 Å². The first-order valence-corrected chi connectivity index (χ1v) is 2.22. The molecule has 0 radical (unpaired) electrons. The lowest BCUT2D eigenvalue weighted by Gasteiger charge is -2.06. The molecule has 0 aromatic heterocycles. The average Bonchev–Trinajstić information content (AvgIpc) is 1.64. The summed E-state index contributed by atoms with van der Waals surface area (Å²) in [5.74, 6) is -1.18. The van der Waals surface area contributed by atoms with E-state index >= 15 is 0 Å². The molecule has 0 aromatic carbocycles. The Hall–Kier alpha value is -0.650. The molecule has 0 spiro atoms. The maximum absolute atomic E-state index is 9.86. The van der Waals surface area contributed by atoms with E-state index in [9.17, 15) is 4.79 Å². The highest BCUT2D eigenvalue weighted by Gasteiger charge is 2.16. The van der Waals surface area contributed by atoms with Crippen molar-refractivity contribution < 1.29 is 15.0 Å². The third kappa shape index (κ3) is 3.89. The summed E-state index contributed by atoms with van der Waals surface area (Å²) in [6.45, 7) is 1.33. The number of hydrogen-bond donors (Lipinski definition) is 4. The van der Waals surface area contributed by atoms with Gasteiger partial charge in [-0.05, 0) is 6.92 Å². The molecule has 0 bridgehead atoms. The van der Waals surface area contributed by atoms with E-state index in [1.54, 1.807) is 0 Å². The fraction of sp³-hybridized carbons (Fsp3) is 0.750. The smallest absolute Gasteiger partial charge is 0.323 e. The lowest BCUT2D eigenvalue weighted by atomic mass is 10.2. The van der Waals surface area contributed by atoms with Gasteiger partial charge in [-0.25, -0.2) is 0 Å². The molecule has 2 atom stereocenters. The molecule has 0 amide bonds. The molecule has 0 unspecified atom stereocenters. The van der Waals surface area contributed by atoms with Gasteiger partial charge in [-0.15, -0.1) is 0 Å². The minimum Gasteiger partial charge on any atom is -0.480 e. The van der Waals surface area contributed by atoms with Gasteiger partial charge in [0.2, 0.25) is 0 Å². The van der Waals surface area contributed by atoms with Gasteiger partial charge in [0.05, 0.1) is 6.10 Å². The van der Waals surface area contributed by atoms with Crippen LogP contribution in [0.2, 0.25) is 0 Å². The quantitative estimate of drug-likeness (QED) is 0.386. The SMILES string of the molecule is C[C@@H](O)[C@H](N)C(=O)O.N. The van der Waals surface area contributed by atoms with Crippen molar-refractivity contribution in [3.63, 3.8) is 0 Å². The lowest BCUT2D eigenvalue weighted by molar-refractivity contribution is -0.140. The predicted molar refractivity (Wildman–Crippen MR) is 32.3 cm³/mol. The highest BCUT2D eigenvalue weighted by Crippen LogP contribution is 1.85. The van der Waals surface area contributed by atoms with Crippen molar-refractivity contribution in [3.8, 4) is 0 Å². The molecule has 5 heteroatoms. The van der Waals surface area contributed by atoms with Gasteiger partial charge < -0.3 is 22.1 Å². The van der Waals surface area contributed by atoms with E-state index in [1.165, 1.54) is 6.92 Å². The van der Waals surface area contributed by atoms with Crippen molar-refractivity contribution >= 4 is 5.97 Å². The highest BCUT2D eigenvalue weighted by atomic mass is 16.4. The second-order valence-corrected chi connectivity index (χ2v) is 1.60. The first-order chi connectivity index (χ1) is 3.55. The van der Waals surface area contributed by atoms with Crippen LogP contribution in [0.4, 0.5) is 0 Å². The zero-order valence-corrected chi connectivity index (χ0v) is 5.24. The predicted octanol–water partition coefficient (Wildman–Crippen LogP) is -1.06. The Bertz CT molecular complexity index is 93.8. The van der Waals surface area contributed by atoms with E-state index in [2.05, 4.69) is 0 Å². The Morgan fingerprint density at radius 1 is 1.67 bits per heavy atom. The lowest BCUT2D eigenvalue weighted by Crippen LogP contribution is -2.39. The molecule has 0 rings (SSSR count). The molecule has 0 aromatic rings. The number of aliphatic carboxylic acids is 1. The highest BCUT2D eigenvalue weighted by molar-refractivity contribution is 5.73. The Balaban J connectivity index is 0. The first kappa shape index (κ1) is 11.2. The Kier molecular flexibility index (Phi) is 5.28. The van der Waals surface area contributed by atoms with E-state index in [4.69, 9.17) is 15.9 Å². The van der Waals surface area contributed by atoms with Crippen LogP contribution in [0.5, 0.6) is 0 Å². The molecule has 56 valence electrons. The Morgan fingerprint density at radius 2 is 2.00 bits per heavy atom. The molecule has 5 nitrogen and oxygen atoms in total. The Labute approximate surface area is 53.1 Å². The van der Waals surface area contributed by atoms with Gasteiger partial charge in [0.25, 0.3) is 0 Å². The zero-order chi connectivity index (χ0) is 6.73. The summed E-state index contributed by atoms with van der Waals surface area (Å²) in [5.41, 5.74) is 4.91. The van der Waals surface area contributed by atoms with Crippen LogP contribution in [0, 0.1) is 0 Å². The summed E-state index contributed by atoms with van der Waals surface area (Å²) in [4.78, 5) is 9.86. The maximum Gasteiger partial charge on any atom is 0.323 e. The third-order valence-corrected chi connectivity index (χ3v) is 0.805. The van der Waals surface area contributed by atoms with E-state index in [-0.39, 0.29) is 6.15 Å². The van der Waals surface area contributed by atoms with Crippen LogP contribution in [-0.4, -0.2) is 28.3 Å². The molecular weight excluding hydrogens is 124 g/mol. The van der Waals surface area contributed by atoms with Crippen molar-refractivity contribution in [3.05, 3.63) is 0 Å². The van der Waals surface area contributed by atoms with Crippen LogP contribution in [0.15, 0.2) is 0 Å². The second kappa shape index (κ2) is 4.25. The summed E-state index contributed by atoms with van der Waals surface area (Å²) in [5, 5.41) is 16.6. The molecule has 0 fully saturated rings. The largest absolute Gasteiger partial charge is 0.480 e. The molecule has 0 aliphatic carbocycles. The van der Waals surface area contributed by atoms with Gasteiger partial charge in [0.1, 0.15) is 6.04 Å². The number of rotatable bonds is 2. The molecular formula is C4H12N2O3. The van der Waals surface area contributed by atoms with Gasteiger partial charge in [0, 0.05) is 0 Å². The first-order valence-electron chi connectivity index (χ1n) is 2.22. The van der Waals surface area contributed by atoms with E-state index in [1.807, 2.05) is 0 Å². The van der Waals surface area contributed by atoms with E-state index < -0.39 is 18.1 Å². The summed E-state index contributed by atoms with van der Waals surface area (Å²) >= 11 is 0. The average molecular weight is 136 g/mol. The second-order valence-electron chi connectivity index (χ2n) is 1.60. The Morgan fingerprint density at radius 3 is 2.00 bits per heavy atom. The topological polar surface area (TPSA) is 119 Å². The monoisotopic (exact) mass is 136 g/mol. The summed E-state index contributed by atoms with van der Waals surface area (Å²) in [6.07, 6.45) is -0.979. The molecule has 0 aliphatic heterocycles. The minimum atomic E-state index is -1.18. The van der Waals surface area contributed by atoms with Crippen LogP contribution in [0.25, 0.3) is 0 Å². The number of carboxylic acids is 1. The maximum atomic E-state index is 9.86. The van der Waals surface area contributed by atoms with Gasteiger partial charge in [0.15, 0.2) is 0 Å². The molecule has 0 saturated heterocycles. The number of aliphatic hydroxyl groups excluding tert-OH is 1. The molecule has 0 saturated carbocycles. The number of nitrogens with two attached hydrogens (primary N) is 1. The van der Waals surface area contributed by atoms with Crippen molar-refractivity contribution in [1.82, 2.24) is 6.15 Å². The fourth-order valence-electron chi connectivity index (χ4n) is 0.206. The van der Waals surface area contributed by atoms with E-state index in [0.717, 1.165) is 0 Å². The van der Waals surface area contributed by atoms with Crippen LogP contribution in [-0.2, 0) is 4.79 Å².